The quantitative estimate of drug-likeness (QED) is 0.530. The van der Waals surface area contributed by atoms with Crippen LogP contribution in [0.25, 0.3) is 11.0 Å². The fourth-order valence-corrected chi connectivity index (χ4v) is 3.11. The molecule has 3 nitrogen and oxygen atoms in total. The lowest BCUT2D eigenvalue weighted by atomic mass is 9.86. The molecule has 0 bridgehead atoms. The molecule has 0 saturated carbocycles. The van der Waals surface area contributed by atoms with Crippen LogP contribution in [0, 0.1) is 0 Å². The van der Waals surface area contributed by atoms with E-state index in [-0.39, 0.29) is 17.5 Å². The van der Waals surface area contributed by atoms with Crippen LogP contribution in [-0.4, -0.2) is 5.91 Å². The molecule has 1 amide bonds. The van der Waals surface area contributed by atoms with Crippen LogP contribution in [-0.2, 0) is 22.8 Å². The lowest BCUT2D eigenvalue weighted by Gasteiger charge is -2.18. The first-order chi connectivity index (χ1) is 12.9. The molecule has 0 saturated heterocycles. The number of rotatable bonds is 3. The standard InChI is InChI=1S/C21H19ClF3NO2/c1-20(2,3)13-4-7-18-15(9-13)12(11-28-18)8-19(27)26-14-5-6-17(22)16(10-14)21(23,24)25/h4-7,9-11H,8H2,1-3H3,(H,26,27). The molecule has 1 heterocycles. The van der Waals surface area contributed by atoms with Gasteiger partial charge in [0.1, 0.15) is 5.58 Å². The Morgan fingerprint density at radius 1 is 1.11 bits per heavy atom. The first kappa shape index (κ1) is 20.3. The highest BCUT2D eigenvalue weighted by Gasteiger charge is 2.33. The van der Waals surface area contributed by atoms with Gasteiger partial charge < -0.3 is 9.73 Å². The third-order valence-electron chi connectivity index (χ3n) is 4.43. The van der Waals surface area contributed by atoms with Crippen LogP contribution < -0.4 is 5.32 Å². The molecule has 0 aliphatic heterocycles. The van der Waals surface area contributed by atoms with Crippen molar-refractivity contribution in [1.29, 1.82) is 0 Å². The molecule has 1 N–H and O–H groups in total. The number of alkyl halides is 3. The van der Waals surface area contributed by atoms with Gasteiger partial charge >= 0.3 is 6.18 Å². The first-order valence-corrected chi connectivity index (χ1v) is 9.00. The minimum atomic E-state index is -4.60. The summed E-state index contributed by atoms with van der Waals surface area (Å²) in [6.45, 7) is 6.25. The van der Waals surface area contributed by atoms with Crippen LogP contribution in [0.1, 0.15) is 37.5 Å². The van der Waals surface area contributed by atoms with Crippen LogP contribution >= 0.6 is 11.6 Å². The molecule has 7 heteroatoms. The van der Waals surface area contributed by atoms with Gasteiger partial charge in [0, 0.05) is 16.6 Å². The number of halogens is 4. The fourth-order valence-electron chi connectivity index (χ4n) is 2.88. The number of fused-ring (bicyclic) bond motifs is 1. The first-order valence-electron chi connectivity index (χ1n) is 8.62. The molecule has 1 aromatic heterocycles. The summed E-state index contributed by atoms with van der Waals surface area (Å²) in [7, 11) is 0. The Morgan fingerprint density at radius 3 is 2.46 bits per heavy atom. The molecular weight excluding hydrogens is 391 g/mol. The smallest absolute Gasteiger partial charge is 0.417 e. The van der Waals surface area contributed by atoms with Crippen molar-refractivity contribution in [2.24, 2.45) is 0 Å². The van der Waals surface area contributed by atoms with Crippen LogP contribution in [0.15, 0.2) is 47.1 Å². The zero-order valence-electron chi connectivity index (χ0n) is 15.6. The highest BCUT2D eigenvalue weighted by molar-refractivity contribution is 6.31. The van der Waals surface area contributed by atoms with Crippen molar-refractivity contribution < 1.29 is 22.4 Å². The van der Waals surface area contributed by atoms with E-state index < -0.39 is 22.7 Å². The largest absolute Gasteiger partial charge is 0.464 e. The van der Waals surface area contributed by atoms with Crippen molar-refractivity contribution in [3.63, 3.8) is 0 Å². The number of hydrogen-bond acceptors (Lipinski definition) is 2. The second-order valence-electron chi connectivity index (χ2n) is 7.64. The molecule has 3 rings (SSSR count). The van der Waals surface area contributed by atoms with Crippen molar-refractivity contribution in [2.45, 2.75) is 38.8 Å². The number of amides is 1. The Hall–Kier alpha value is -2.47. The number of furan rings is 1. The van der Waals surface area contributed by atoms with Crippen molar-refractivity contribution in [2.75, 3.05) is 5.32 Å². The second-order valence-corrected chi connectivity index (χ2v) is 8.05. The minimum Gasteiger partial charge on any atom is -0.464 e. The zero-order valence-corrected chi connectivity index (χ0v) is 16.3. The highest BCUT2D eigenvalue weighted by atomic mass is 35.5. The molecule has 148 valence electrons. The van der Waals surface area contributed by atoms with Gasteiger partial charge in [0.2, 0.25) is 5.91 Å². The Kier molecular flexibility index (Phi) is 5.19. The van der Waals surface area contributed by atoms with Crippen LogP contribution in [0.5, 0.6) is 0 Å². The van der Waals surface area contributed by atoms with E-state index >= 15 is 0 Å². The summed E-state index contributed by atoms with van der Waals surface area (Å²) in [5.41, 5.74) is 1.39. The summed E-state index contributed by atoms with van der Waals surface area (Å²) in [6, 6.07) is 9.08. The molecule has 0 aliphatic rings. The molecule has 28 heavy (non-hydrogen) atoms. The summed E-state index contributed by atoms with van der Waals surface area (Å²) in [4.78, 5) is 12.4. The number of hydrogen-bond donors (Lipinski definition) is 1. The summed E-state index contributed by atoms with van der Waals surface area (Å²) >= 11 is 5.60. The predicted octanol–water partition coefficient (Wildman–Crippen LogP) is 6.58. The van der Waals surface area contributed by atoms with E-state index in [0.29, 0.717) is 11.1 Å². The topological polar surface area (TPSA) is 42.2 Å². The molecule has 0 aliphatic carbocycles. The monoisotopic (exact) mass is 409 g/mol. The van der Waals surface area contributed by atoms with Crippen molar-refractivity contribution >= 4 is 34.2 Å². The molecule has 0 atom stereocenters. The van der Waals surface area contributed by atoms with Gasteiger partial charge in [-0.05, 0) is 41.3 Å². The number of carbonyl (C=O) groups is 1. The normalized spacial score (nSPS) is 12.4. The minimum absolute atomic E-state index is 0.0232. The highest BCUT2D eigenvalue weighted by Crippen LogP contribution is 2.36. The molecule has 0 fully saturated rings. The Morgan fingerprint density at radius 2 is 1.82 bits per heavy atom. The van der Waals surface area contributed by atoms with Crippen LogP contribution in [0.3, 0.4) is 0 Å². The molecular formula is C21H19ClF3NO2. The Labute approximate surface area is 165 Å². The summed E-state index contributed by atoms with van der Waals surface area (Å²) in [5, 5.41) is 2.89. The maximum absolute atomic E-state index is 13.0. The number of nitrogens with one attached hydrogen (secondary N) is 1. The van der Waals surface area contributed by atoms with Gasteiger partial charge in [-0.2, -0.15) is 13.2 Å². The van der Waals surface area contributed by atoms with Crippen LogP contribution in [0.2, 0.25) is 5.02 Å². The van der Waals surface area contributed by atoms with Gasteiger partial charge in [0.05, 0.1) is 23.3 Å². The molecule has 0 unspecified atom stereocenters. The van der Waals surface area contributed by atoms with Crippen molar-refractivity contribution in [3.8, 4) is 0 Å². The van der Waals surface area contributed by atoms with E-state index in [1.54, 1.807) is 0 Å². The van der Waals surface area contributed by atoms with Gasteiger partial charge in [-0.15, -0.1) is 0 Å². The molecule has 3 aromatic rings. The lowest BCUT2D eigenvalue weighted by molar-refractivity contribution is -0.137. The van der Waals surface area contributed by atoms with E-state index in [2.05, 4.69) is 26.1 Å². The van der Waals surface area contributed by atoms with Crippen LogP contribution in [0.4, 0.5) is 18.9 Å². The molecule has 0 spiro atoms. The van der Waals surface area contributed by atoms with Gasteiger partial charge in [-0.3, -0.25) is 4.79 Å². The number of benzene rings is 2. The third kappa shape index (κ3) is 4.33. The fraction of sp³-hybridized carbons (Fsp3) is 0.286. The van der Waals surface area contributed by atoms with Gasteiger partial charge in [-0.1, -0.05) is 38.4 Å². The third-order valence-corrected chi connectivity index (χ3v) is 4.76. The van der Waals surface area contributed by atoms with Gasteiger partial charge in [-0.25, -0.2) is 0 Å². The van der Waals surface area contributed by atoms with E-state index in [9.17, 15) is 18.0 Å². The second kappa shape index (κ2) is 7.17. The number of carbonyl (C=O) groups excluding carboxylic acids is 1. The van der Waals surface area contributed by atoms with E-state index in [1.807, 2.05) is 18.2 Å². The summed E-state index contributed by atoms with van der Waals surface area (Å²) < 4.78 is 44.4. The average molecular weight is 410 g/mol. The number of anilines is 1. The SMILES string of the molecule is CC(C)(C)c1ccc2occ(CC(=O)Nc3ccc(Cl)c(C(F)(F)F)c3)c2c1. The molecule has 0 radical (unpaired) electrons. The van der Waals surface area contributed by atoms with E-state index in [1.165, 1.54) is 12.3 Å². The summed E-state index contributed by atoms with van der Waals surface area (Å²) in [5.74, 6) is -0.445. The van der Waals surface area contributed by atoms with Crippen molar-refractivity contribution in [3.05, 3.63) is 64.4 Å². The van der Waals surface area contributed by atoms with E-state index in [4.69, 9.17) is 16.0 Å². The Bertz CT molecular complexity index is 1030. The lowest BCUT2D eigenvalue weighted by Crippen LogP contribution is -2.15. The average Bonchev–Trinajstić information content (AvgIpc) is 2.97. The maximum Gasteiger partial charge on any atom is 0.417 e. The van der Waals surface area contributed by atoms with E-state index in [0.717, 1.165) is 23.1 Å². The van der Waals surface area contributed by atoms with Gasteiger partial charge in [0.15, 0.2) is 0 Å². The maximum atomic E-state index is 13.0. The predicted molar refractivity (Wildman–Crippen MR) is 104 cm³/mol. The Balaban J connectivity index is 1.82. The summed E-state index contributed by atoms with van der Waals surface area (Å²) in [6.07, 6.45) is -3.12. The zero-order chi connectivity index (χ0) is 20.7. The molecule has 2 aromatic carbocycles. The van der Waals surface area contributed by atoms with Crippen molar-refractivity contribution in [1.82, 2.24) is 0 Å². The van der Waals surface area contributed by atoms with Gasteiger partial charge in [0.25, 0.3) is 0 Å².